The molecule has 2 rings (SSSR count). The molecule has 0 radical (unpaired) electrons. The predicted molar refractivity (Wildman–Crippen MR) is 96.5 cm³/mol. The minimum atomic E-state index is -0.484. The summed E-state index contributed by atoms with van der Waals surface area (Å²) in [5.41, 5.74) is 0.944. The van der Waals surface area contributed by atoms with Crippen molar-refractivity contribution in [2.75, 3.05) is 6.61 Å². The number of aromatic nitrogens is 1. The number of hydrogen-bond acceptors (Lipinski definition) is 4. The van der Waals surface area contributed by atoms with Gasteiger partial charge in [-0.05, 0) is 38.1 Å². The van der Waals surface area contributed by atoms with Crippen molar-refractivity contribution in [3.8, 4) is 24.2 Å². The molecule has 25 heavy (non-hydrogen) atoms. The average Bonchev–Trinajstić information content (AvgIpc) is 2.58. The maximum absolute atomic E-state index is 12.2. The summed E-state index contributed by atoms with van der Waals surface area (Å²) in [7, 11) is 0. The largest absolute Gasteiger partial charge is 0.494 e. The highest BCUT2D eigenvalue weighted by Crippen LogP contribution is 2.18. The Labute approximate surface area is 148 Å². The van der Waals surface area contributed by atoms with Crippen LogP contribution in [0.2, 0.25) is 0 Å². The van der Waals surface area contributed by atoms with Crippen LogP contribution in [0.1, 0.15) is 48.8 Å². The number of esters is 1. The van der Waals surface area contributed by atoms with Gasteiger partial charge in [-0.3, -0.25) is 0 Å². The smallest absolute Gasteiger partial charge is 0.357 e. The van der Waals surface area contributed by atoms with Gasteiger partial charge in [0.05, 0.1) is 18.2 Å². The summed E-state index contributed by atoms with van der Waals surface area (Å²) >= 11 is 0. The summed E-state index contributed by atoms with van der Waals surface area (Å²) in [6.45, 7) is 4.30. The van der Waals surface area contributed by atoms with Crippen LogP contribution in [0.4, 0.5) is 0 Å². The van der Waals surface area contributed by atoms with Gasteiger partial charge in [-0.2, -0.15) is 0 Å². The molecule has 1 heterocycles. The van der Waals surface area contributed by atoms with E-state index < -0.39 is 5.97 Å². The van der Waals surface area contributed by atoms with E-state index in [4.69, 9.17) is 15.9 Å². The molecular weight excluding hydrogens is 314 g/mol. The second-order valence-corrected chi connectivity index (χ2v) is 5.47. The van der Waals surface area contributed by atoms with Gasteiger partial charge >= 0.3 is 5.97 Å². The number of ether oxygens (including phenoxy) is 2. The van der Waals surface area contributed by atoms with E-state index in [1.807, 2.05) is 31.2 Å². The Hall–Kier alpha value is -2.98. The van der Waals surface area contributed by atoms with Crippen molar-refractivity contribution < 1.29 is 14.3 Å². The van der Waals surface area contributed by atoms with Crippen molar-refractivity contribution in [1.82, 2.24) is 4.98 Å². The summed E-state index contributed by atoms with van der Waals surface area (Å²) < 4.78 is 10.8. The molecule has 1 aromatic heterocycles. The number of nitrogens with zero attached hydrogens (tertiary/aromatic N) is 1. The van der Waals surface area contributed by atoms with Crippen LogP contribution >= 0.6 is 0 Å². The van der Waals surface area contributed by atoms with Crippen LogP contribution < -0.4 is 0 Å². The van der Waals surface area contributed by atoms with Crippen molar-refractivity contribution in [2.24, 2.45) is 0 Å². The van der Waals surface area contributed by atoms with E-state index in [9.17, 15) is 4.79 Å². The number of hydrogen-bond donors (Lipinski definition) is 0. The third kappa shape index (κ3) is 5.55. The normalized spacial score (nSPS) is 19.1. The maximum atomic E-state index is 12.2. The third-order valence-corrected chi connectivity index (χ3v) is 3.44. The lowest BCUT2D eigenvalue weighted by molar-refractivity contribution is 0.0345. The van der Waals surface area contributed by atoms with Gasteiger partial charge in [0.2, 0.25) is 0 Å². The summed E-state index contributed by atoms with van der Waals surface area (Å²) in [6.07, 6.45) is 11.6. The zero-order valence-electron chi connectivity index (χ0n) is 14.5. The molecular formula is C21H21NO3. The number of carbonyl (C=O) groups excluding carboxylic acids is 1. The minimum absolute atomic E-state index is 0.208. The highest BCUT2D eigenvalue weighted by molar-refractivity contribution is 5.87. The fraction of sp³-hybridized carbons (Fsp3) is 0.333. The Morgan fingerprint density at radius 2 is 2.36 bits per heavy atom. The first-order valence-electron chi connectivity index (χ1n) is 8.25. The topological polar surface area (TPSA) is 48.4 Å². The lowest BCUT2D eigenvalue weighted by Gasteiger charge is -2.12. The number of carbonyl (C=O) groups is 1. The average molecular weight is 335 g/mol. The molecule has 0 saturated carbocycles. The molecule has 0 amide bonds. The van der Waals surface area contributed by atoms with Crippen molar-refractivity contribution in [1.29, 1.82) is 0 Å². The van der Waals surface area contributed by atoms with E-state index >= 15 is 0 Å². The number of terminal acetylenes is 1. The van der Waals surface area contributed by atoms with E-state index in [-0.39, 0.29) is 17.7 Å². The van der Waals surface area contributed by atoms with Gasteiger partial charge in [0, 0.05) is 12.8 Å². The van der Waals surface area contributed by atoms with E-state index in [1.165, 1.54) is 0 Å². The van der Waals surface area contributed by atoms with E-state index in [0.717, 1.165) is 5.76 Å². The van der Waals surface area contributed by atoms with Crippen LogP contribution in [0.25, 0.3) is 0 Å². The monoisotopic (exact) mass is 335 g/mol. The second kappa shape index (κ2) is 9.35. The van der Waals surface area contributed by atoms with Crippen molar-refractivity contribution in [3.63, 3.8) is 0 Å². The molecule has 0 aliphatic heterocycles. The number of allylic oxidation sites excluding steroid dienone is 3. The number of rotatable bonds is 6. The first kappa shape index (κ1) is 18.4. The highest BCUT2D eigenvalue weighted by atomic mass is 16.5. The van der Waals surface area contributed by atoms with E-state index in [1.54, 1.807) is 19.1 Å². The molecule has 128 valence electrons. The van der Waals surface area contributed by atoms with Crippen LogP contribution in [-0.4, -0.2) is 23.7 Å². The molecule has 4 heteroatoms. The second-order valence-electron chi connectivity index (χ2n) is 5.47. The predicted octanol–water partition coefficient (Wildman–Crippen LogP) is 3.62. The van der Waals surface area contributed by atoms with Gasteiger partial charge in [0.15, 0.2) is 0 Å². The Balaban J connectivity index is 2.17. The standard InChI is InChI=1S/C21H21NO3/c1-4-9-16(3)25-21(23)20-13-8-12-19(22-20)17-10-6-7-11-18(15-14-17)24-5-2/h1,8,11-17H,5,7,9H2,2-3H3/b15-14?,18-11+. The highest BCUT2D eigenvalue weighted by Gasteiger charge is 2.15. The zero-order chi connectivity index (χ0) is 18.1. The van der Waals surface area contributed by atoms with E-state index in [2.05, 4.69) is 22.7 Å². The molecule has 1 aromatic rings. The van der Waals surface area contributed by atoms with Crippen LogP contribution in [-0.2, 0) is 9.47 Å². The first-order valence-corrected chi connectivity index (χ1v) is 8.25. The first-order chi connectivity index (χ1) is 12.1. The molecule has 2 atom stereocenters. The Morgan fingerprint density at radius 3 is 3.12 bits per heavy atom. The van der Waals surface area contributed by atoms with Gasteiger partial charge in [-0.25, -0.2) is 9.78 Å². The summed E-state index contributed by atoms with van der Waals surface area (Å²) in [4.78, 5) is 16.6. The molecule has 0 aromatic carbocycles. The van der Waals surface area contributed by atoms with Crippen molar-refractivity contribution in [3.05, 3.63) is 53.6 Å². The summed E-state index contributed by atoms with van der Waals surface area (Å²) in [6, 6.07) is 5.25. The molecule has 0 spiro atoms. The lowest BCUT2D eigenvalue weighted by Crippen LogP contribution is -2.16. The Morgan fingerprint density at radius 1 is 1.52 bits per heavy atom. The molecule has 0 bridgehead atoms. The third-order valence-electron chi connectivity index (χ3n) is 3.44. The van der Waals surface area contributed by atoms with Crippen LogP contribution in [0, 0.1) is 24.2 Å². The van der Waals surface area contributed by atoms with Crippen LogP contribution in [0.15, 0.2) is 42.2 Å². The van der Waals surface area contributed by atoms with Gasteiger partial charge in [0.1, 0.15) is 17.6 Å². The molecule has 1 aliphatic carbocycles. The zero-order valence-corrected chi connectivity index (χ0v) is 14.5. The molecule has 0 N–H and O–H groups in total. The fourth-order valence-corrected chi connectivity index (χ4v) is 2.26. The number of pyridine rings is 1. The van der Waals surface area contributed by atoms with Crippen LogP contribution in [0.3, 0.4) is 0 Å². The van der Waals surface area contributed by atoms with E-state index in [0.29, 0.717) is 25.1 Å². The summed E-state index contributed by atoms with van der Waals surface area (Å²) in [5.74, 6) is 8.81. The van der Waals surface area contributed by atoms with Crippen LogP contribution in [0.5, 0.6) is 0 Å². The SMILES string of the molecule is C#CCC(C)OC(=O)c1cccc(C2C#CC/C=C(/OCC)C=C2)n1. The van der Waals surface area contributed by atoms with Crippen molar-refractivity contribution in [2.45, 2.75) is 38.7 Å². The maximum Gasteiger partial charge on any atom is 0.357 e. The molecule has 4 nitrogen and oxygen atoms in total. The van der Waals surface area contributed by atoms with Crippen molar-refractivity contribution >= 4 is 5.97 Å². The molecule has 2 unspecified atom stereocenters. The Kier molecular flexibility index (Phi) is 6.87. The van der Waals surface area contributed by atoms with Gasteiger partial charge < -0.3 is 9.47 Å². The van der Waals surface area contributed by atoms with Gasteiger partial charge in [-0.15, -0.1) is 12.3 Å². The minimum Gasteiger partial charge on any atom is -0.494 e. The lowest BCUT2D eigenvalue weighted by atomic mass is 10.0. The molecule has 1 aliphatic rings. The molecule has 0 saturated heterocycles. The fourth-order valence-electron chi connectivity index (χ4n) is 2.26. The van der Waals surface area contributed by atoms with Gasteiger partial charge in [0.25, 0.3) is 0 Å². The van der Waals surface area contributed by atoms with Gasteiger partial charge in [-0.1, -0.05) is 24.0 Å². The molecule has 0 fully saturated rings. The quantitative estimate of drug-likeness (QED) is 0.588. The summed E-state index contributed by atoms with van der Waals surface area (Å²) in [5, 5.41) is 0. The Bertz CT molecular complexity index is 774.